The zero-order chi connectivity index (χ0) is 29.1. The van der Waals surface area contributed by atoms with Gasteiger partial charge in [0.2, 0.25) is 0 Å². The Bertz CT molecular complexity index is 1550. The lowest BCUT2D eigenvalue weighted by Gasteiger charge is -2.35. The number of fused-ring (bicyclic) bond motifs is 3. The second kappa shape index (κ2) is 12.8. The topological polar surface area (TPSA) is 76.3 Å². The Morgan fingerprint density at radius 2 is 1.76 bits per heavy atom. The number of carbonyl (C=O) groups is 1. The molecule has 3 aromatic carbocycles. The summed E-state index contributed by atoms with van der Waals surface area (Å²) >= 11 is 12.4. The number of hydrogen-bond acceptors (Lipinski definition) is 6. The van der Waals surface area contributed by atoms with Gasteiger partial charge in [0.15, 0.2) is 11.5 Å². The number of hydrogen-bond donors (Lipinski definition) is 1. The molecule has 1 atom stereocenters. The molecular weight excluding hydrogens is 577 g/mol. The highest BCUT2D eigenvalue weighted by molar-refractivity contribution is 6.31. The monoisotopic (exact) mass is 609 g/mol. The smallest absolute Gasteiger partial charge is 0.416 e. The SMILES string of the molecule is COc1ccc(C2c3[nH]c4ccc(Cl)cc4c3CCN2C(=O)Oc2ccc(Cl)cc2)cc1OCCCN1CCOCC1. The molecule has 0 aliphatic carbocycles. The number of rotatable bonds is 8. The summed E-state index contributed by atoms with van der Waals surface area (Å²) in [5.74, 6) is 1.70. The number of halogens is 2. The predicted molar refractivity (Wildman–Crippen MR) is 163 cm³/mol. The summed E-state index contributed by atoms with van der Waals surface area (Å²) in [6.45, 7) is 5.39. The number of morpholine rings is 1. The molecule has 0 saturated carbocycles. The van der Waals surface area contributed by atoms with Crippen LogP contribution in [0.5, 0.6) is 17.2 Å². The molecule has 1 unspecified atom stereocenters. The number of ether oxygens (including phenoxy) is 4. The van der Waals surface area contributed by atoms with Crippen LogP contribution in [0.1, 0.15) is 29.3 Å². The first kappa shape index (κ1) is 28.7. The van der Waals surface area contributed by atoms with E-state index in [1.807, 2.05) is 36.4 Å². The third-order valence-corrected chi connectivity index (χ3v) is 8.31. The van der Waals surface area contributed by atoms with Gasteiger partial charge >= 0.3 is 6.09 Å². The maximum atomic E-state index is 13.7. The van der Waals surface area contributed by atoms with Crippen molar-refractivity contribution in [3.63, 3.8) is 0 Å². The van der Waals surface area contributed by atoms with E-state index in [2.05, 4.69) is 9.88 Å². The molecule has 1 amide bonds. The molecule has 10 heteroatoms. The van der Waals surface area contributed by atoms with Crippen LogP contribution in [0.25, 0.3) is 10.9 Å². The van der Waals surface area contributed by atoms with E-state index < -0.39 is 12.1 Å². The molecule has 42 heavy (non-hydrogen) atoms. The lowest BCUT2D eigenvalue weighted by atomic mass is 9.92. The molecule has 2 aliphatic heterocycles. The summed E-state index contributed by atoms with van der Waals surface area (Å²) in [5, 5.41) is 2.30. The first-order valence-corrected chi connectivity index (χ1v) is 14.9. The molecule has 0 bridgehead atoms. The Morgan fingerprint density at radius 3 is 2.55 bits per heavy atom. The van der Waals surface area contributed by atoms with Crippen molar-refractivity contribution < 1.29 is 23.7 Å². The molecule has 1 aromatic heterocycles. The van der Waals surface area contributed by atoms with Gasteiger partial charge in [0.1, 0.15) is 11.8 Å². The number of H-pyrrole nitrogens is 1. The van der Waals surface area contributed by atoms with Crippen molar-refractivity contribution in [3.8, 4) is 17.2 Å². The van der Waals surface area contributed by atoms with Gasteiger partial charge in [-0.1, -0.05) is 29.3 Å². The third-order valence-electron chi connectivity index (χ3n) is 7.83. The maximum Gasteiger partial charge on any atom is 0.416 e. The second-order valence-electron chi connectivity index (χ2n) is 10.4. The van der Waals surface area contributed by atoms with Gasteiger partial charge in [-0.25, -0.2) is 4.79 Å². The van der Waals surface area contributed by atoms with Crippen molar-refractivity contribution in [2.75, 3.05) is 53.1 Å². The minimum Gasteiger partial charge on any atom is -0.493 e. The first-order chi connectivity index (χ1) is 20.5. The van der Waals surface area contributed by atoms with E-state index in [-0.39, 0.29) is 0 Å². The zero-order valence-corrected chi connectivity index (χ0v) is 24.9. The minimum absolute atomic E-state index is 0.427. The summed E-state index contributed by atoms with van der Waals surface area (Å²) in [6.07, 6.45) is 1.08. The molecule has 0 radical (unpaired) electrons. The van der Waals surface area contributed by atoms with Crippen molar-refractivity contribution in [1.29, 1.82) is 0 Å². The van der Waals surface area contributed by atoms with Crippen LogP contribution >= 0.6 is 23.2 Å². The number of nitrogens with zero attached hydrogens (tertiary/aromatic N) is 2. The molecule has 1 N–H and O–H groups in total. The molecule has 1 fully saturated rings. The molecule has 220 valence electrons. The maximum absolute atomic E-state index is 13.7. The van der Waals surface area contributed by atoms with E-state index in [0.717, 1.165) is 67.0 Å². The van der Waals surface area contributed by atoms with Crippen molar-refractivity contribution >= 4 is 40.2 Å². The van der Waals surface area contributed by atoms with E-state index in [4.69, 9.17) is 42.1 Å². The second-order valence-corrected chi connectivity index (χ2v) is 11.3. The van der Waals surface area contributed by atoms with Crippen LogP contribution in [-0.4, -0.2) is 74.0 Å². The van der Waals surface area contributed by atoms with Crippen molar-refractivity contribution in [2.24, 2.45) is 0 Å². The summed E-state index contributed by atoms with van der Waals surface area (Å²) in [5.41, 5.74) is 3.91. The van der Waals surface area contributed by atoms with E-state index in [9.17, 15) is 4.79 Å². The van der Waals surface area contributed by atoms with Gasteiger partial charge in [-0.05, 0) is 78.6 Å². The molecule has 8 nitrogen and oxygen atoms in total. The summed E-state index contributed by atoms with van der Waals surface area (Å²) in [4.78, 5) is 21.4. The van der Waals surface area contributed by atoms with Crippen LogP contribution in [0.2, 0.25) is 10.0 Å². The number of methoxy groups -OCH3 is 1. The van der Waals surface area contributed by atoms with Gasteiger partial charge in [-0.15, -0.1) is 0 Å². The average Bonchev–Trinajstić information content (AvgIpc) is 3.38. The Kier molecular flexibility index (Phi) is 8.76. The van der Waals surface area contributed by atoms with E-state index >= 15 is 0 Å². The van der Waals surface area contributed by atoms with Gasteiger partial charge in [0.05, 0.1) is 26.9 Å². The molecule has 6 rings (SSSR count). The largest absolute Gasteiger partial charge is 0.493 e. The summed E-state index contributed by atoms with van der Waals surface area (Å²) < 4.78 is 23.1. The van der Waals surface area contributed by atoms with E-state index in [0.29, 0.717) is 46.9 Å². The van der Waals surface area contributed by atoms with Crippen molar-refractivity contribution in [2.45, 2.75) is 18.9 Å². The van der Waals surface area contributed by atoms with Crippen LogP contribution in [-0.2, 0) is 11.2 Å². The Morgan fingerprint density at radius 1 is 0.976 bits per heavy atom. The van der Waals surface area contributed by atoms with Gasteiger partial charge in [-0.2, -0.15) is 0 Å². The third kappa shape index (κ3) is 6.17. The fourth-order valence-electron chi connectivity index (χ4n) is 5.74. The lowest BCUT2D eigenvalue weighted by molar-refractivity contribution is 0.0357. The minimum atomic E-state index is -0.451. The van der Waals surface area contributed by atoms with Crippen molar-refractivity contribution in [1.82, 2.24) is 14.8 Å². The van der Waals surface area contributed by atoms with Crippen LogP contribution in [0.3, 0.4) is 0 Å². The van der Waals surface area contributed by atoms with Gasteiger partial charge < -0.3 is 23.9 Å². The molecular formula is C32H33Cl2N3O5. The molecule has 2 aliphatic rings. The zero-order valence-electron chi connectivity index (χ0n) is 23.4. The van der Waals surface area contributed by atoms with Crippen LogP contribution in [0, 0.1) is 0 Å². The van der Waals surface area contributed by atoms with Gasteiger partial charge in [-0.3, -0.25) is 9.80 Å². The van der Waals surface area contributed by atoms with Crippen LogP contribution < -0.4 is 14.2 Å². The number of aromatic nitrogens is 1. The molecule has 3 heterocycles. The normalized spacial score (nSPS) is 17.2. The number of aromatic amines is 1. The summed E-state index contributed by atoms with van der Waals surface area (Å²) in [6, 6.07) is 18.0. The average molecular weight is 611 g/mol. The van der Waals surface area contributed by atoms with E-state index in [1.54, 1.807) is 36.3 Å². The number of amides is 1. The number of carbonyl (C=O) groups excluding carboxylic acids is 1. The number of nitrogens with one attached hydrogen (secondary N) is 1. The van der Waals surface area contributed by atoms with Gasteiger partial charge in [0.25, 0.3) is 0 Å². The van der Waals surface area contributed by atoms with Gasteiger partial charge in [0, 0.05) is 52.8 Å². The standard InChI is InChI=1S/C32H33Cl2N3O5/c1-39-28-10-3-21(19-29(28)41-16-2-12-36-14-17-40-18-15-36)31-30-25(26-20-23(34)6-9-27(26)35-30)11-13-37(31)32(38)42-24-7-4-22(33)5-8-24/h3-10,19-20,31,35H,2,11-18H2,1H3. The molecule has 1 saturated heterocycles. The highest BCUT2D eigenvalue weighted by Gasteiger charge is 2.36. The number of benzene rings is 3. The molecule has 4 aromatic rings. The van der Waals surface area contributed by atoms with Crippen LogP contribution in [0.15, 0.2) is 60.7 Å². The highest BCUT2D eigenvalue weighted by atomic mass is 35.5. The van der Waals surface area contributed by atoms with Crippen LogP contribution in [0.4, 0.5) is 4.79 Å². The quantitative estimate of drug-likeness (QED) is 0.223. The highest BCUT2D eigenvalue weighted by Crippen LogP contribution is 2.42. The predicted octanol–water partition coefficient (Wildman–Crippen LogP) is 6.73. The fourth-order valence-corrected chi connectivity index (χ4v) is 6.04. The lowest BCUT2D eigenvalue weighted by Crippen LogP contribution is -2.42. The Hall–Kier alpha value is -3.43. The fraction of sp³-hybridized carbons (Fsp3) is 0.344. The first-order valence-electron chi connectivity index (χ1n) is 14.1. The summed E-state index contributed by atoms with van der Waals surface area (Å²) in [7, 11) is 1.63. The van der Waals surface area contributed by atoms with Crippen molar-refractivity contribution in [3.05, 3.63) is 87.5 Å². The molecule has 0 spiro atoms. The Labute approximate surface area is 255 Å². The Balaban J connectivity index is 1.31. The van der Waals surface area contributed by atoms with E-state index in [1.165, 1.54) is 0 Å².